The molecule has 0 amide bonds. The minimum absolute atomic E-state index is 0.0797. The van der Waals surface area contributed by atoms with Crippen molar-refractivity contribution < 1.29 is 8.42 Å². The predicted molar refractivity (Wildman–Crippen MR) is 77.1 cm³/mol. The van der Waals surface area contributed by atoms with Crippen LogP contribution in [0.15, 0.2) is 18.3 Å². The largest absolute Gasteiger partial charge is 0.315 e. The third-order valence-corrected chi connectivity index (χ3v) is 5.83. The minimum atomic E-state index is -3.06. The molecule has 4 nitrogen and oxygen atoms in total. The van der Waals surface area contributed by atoms with Crippen LogP contribution in [0.1, 0.15) is 36.9 Å². The molecule has 1 aliphatic rings. The fraction of sp³-hybridized carbons (Fsp3) is 0.643. The van der Waals surface area contributed by atoms with E-state index in [9.17, 15) is 8.42 Å². The van der Waals surface area contributed by atoms with Crippen LogP contribution in [0.2, 0.25) is 0 Å². The molecule has 3 unspecified atom stereocenters. The molecule has 0 radical (unpaired) electrons. The Balaban J connectivity index is 2.36. The molecule has 0 aromatic carbocycles. The summed E-state index contributed by atoms with van der Waals surface area (Å²) in [4.78, 5) is 4.50. The van der Waals surface area contributed by atoms with Crippen molar-refractivity contribution in [2.45, 2.75) is 43.4 Å². The third-order valence-electron chi connectivity index (χ3n) is 4.19. The van der Waals surface area contributed by atoms with E-state index in [2.05, 4.69) is 16.4 Å². The van der Waals surface area contributed by atoms with Crippen LogP contribution in [0.3, 0.4) is 0 Å². The summed E-state index contributed by atoms with van der Waals surface area (Å²) in [6, 6.07) is 3.98. The van der Waals surface area contributed by atoms with Gasteiger partial charge in [0.25, 0.3) is 0 Å². The number of nitrogens with one attached hydrogen (secondary N) is 1. The zero-order valence-corrected chi connectivity index (χ0v) is 12.6. The molecular weight excluding hydrogens is 260 g/mol. The first-order valence-electron chi connectivity index (χ1n) is 6.75. The Bertz CT molecular complexity index is 542. The van der Waals surface area contributed by atoms with Gasteiger partial charge in [0.05, 0.1) is 5.25 Å². The molecule has 1 aliphatic carbocycles. The number of aromatic nitrogens is 1. The lowest BCUT2D eigenvalue weighted by Crippen LogP contribution is -2.45. The van der Waals surface area contributed by atoms with Gasteiger partial charge >= 0.3 is 0 Å². The molecule has 1 aromatic rings. The first kappa shape index (κ1) is 14.5. The Hall–Kier alpha value is -0.940. The van der Waals surface area contributed by atoms with Crippen molar-refractivity contribution in [2.24, 2.45) is 0 Å². The molecule has 19 heavy (non-hydrogen) atoms. The first-order chi connectivity index (χ1) is 8.95. The summed E-state index contributed by atoms with van der Waals surface area (Å²) in [6.45, 7) is 1.79. The monoisotopic (exact) mass is 282 g/mol. The van der Waals surface area contributed by atoms with E-state index in [1.165, 1.54) is 11.8 Å². The van der Waals surface area contributed by atoms with Crippen molar-refractivity contribution >= 4 is 9.84 Å². The quantitative estimate of drug-likeness (QED) is 0.909. The van der Waals surface area contributed by atoms with E-state index in [-0.39, 0.29) is 12.0 Å². The van der Waals surface area contributed by atoms with Crippen molar-refractivity contribution in [2.75, 3.05) is 13.3 Å². The fourth-order valence-corrected chi connectivity index (χ4v) is 3.88. The smallest absolute Gasteiger partial charge is 0.151 e. The summed E-state index contributed by atoms with van der Waals surface area (Å²) in [6.07, 6.45) is 6.25. The van der Waals surface area contributed by atoms with Crippen LogP contribution in [0, 0.1) is 0 Å². The Kier molecular flexibility index (Phi) is 4.26. The van der Waals surface area contributed by atoms with Crippen LogP contribution in [0.25, 0.3) is 0 Å². The van der Waals surface area contributed by atoms with Gasteiger partial charge in [-0.15, -0.1) is 0 Å². The highest BCUT2D eigenvalue weighted by Crippen LogP contribution is 2.34. The van der Waals surface area contributed by atoms with Gasteiger partial charge in [0, 0.05) is 30.1 Å². The molecule has 3 atom stereocenters. The third kappa shape index (κ3) is 2.98. The number of hydrogen-bond acceptors (Lipinski definition) is 4. The van der Waals surface area contributed by atoms with Gasteiger partial charge in [0.15, 0.2) is 9.84 Å². The van der Waals surface area contributed by atoms with E-state index in [1.807, 2.05) is 13.1 Å². The van der Waals surface area contributed by atoms with Gasteiger partial charge in [0.2, 0.25) is 0 Å². The van der Waals surface area contributed by atoms with E-state index in [1.54, 1.807) is 13.1 Å². The number of fused-ring (bicyclic) bond motifs is 1. The highest BCUT2D eigenvalue weighted by molar-refractivity contribution is 7.91. The van der Waals surface area contributed by atoms with E-state index in [0.29, 0.717) is 0 Å². The molecule has 2 rings (SSSR count). The summed E-state index contributed by atoms with van der Waals surface area (Å²) in [7, 11) is -1.22. The molecule has 1 N–H and O–H groups in total. The number of sulfone groups is 1. The molecule has 5 heteroatoms. The number of nitrogens with zero attached hydrogens (tertiary/aromatic N) is 1. The SMILES string of the molecule is CNC(C1CCCc2cccnc21)C(C)S(C)(=O)=O. The van der Waals surface area contributed by atoms with Gasteiger partial charge < -0.3 is 5.32 Å². The summed E-state index contributed by atoms with van der Waals surface area (Å²) >= 11 is 0. The molecule has 1 heterocycles. The van der Waals surface area contributed by atoms with Gasteiger partial charge in [-0.2, -0.15) is 0 Å². The highest BCUT2D eigenvalue weighted by Gasteiger charge is 2.35. The normalized spacial score (nSPS) is 22.6. The van der Waals surface area contributed by atoms with Crippen LogP contribution in [0.5, 0.6) is 0 Å². The lowest BCUT2D eigenvalue weighted by molar-refractivity contribution is 0.394. The second kappa shape index (κ2) is 5.59. The highest BCUT2D eigenvalue weighted by atomic mass is 32.2. The summed E-state index contributed by atoms with van der Waals surface area (Å²) < 4.78 is 23.7. The molecular formula is C14H22N2O2S. The second-order valence-electron chi connectivity index (χ2n) is 5.40. The van der Waals surface area contributed by atoms with Gasteiger partial charge in [-0.3, -0.25) is 4.98 Å². The molecule has 0 saturated carbocycles. The van der Waals surface area contributed by atoms with Crippen LogP contribution >= 0.6 is 0 Å². The van der Waals surface area contributed by atoms with Gasteiger partial charge in [-0.05, 0) is 44.9 Å². The van der Waals surface area contributed by atoms with E-state index >= 15 is 0 Å². The maximum Gasteiger partial charge on any atom is 0.151 e. The molecule has 0 bridgehead atoms. The Labute approximate surface area is 115 Å². The molecule has 0 aliphatic heterocycles. The lowest BCUT2D eigenvalue weighted by Gasteiger charge is -2.34. The number of aryl methyl sites for hydroxylation is 1. The number of rotatable bonds is 4. The topological polar surface area (TPSA) is 59.1 Å². The minimum Gasteiger partial charge on any atom is -0.315 e. The number of likely N-dealkylation sites (N-methyl/N-ethyl adjacent to an activating group) is 1. The van der Waals surface area contributed by atoms with Crippen molar-refractivity contribution in [3.8, 4) is 0 Å². The maximum atomic E-state index is 11.8. The predicted octanol–water partition coefficient (Wildman–Crippen LogP) is 1.52. The van der Waals surface area contributed by atoms with Crippen molar-refractivity contribution in [1.29, 1.82) is 0 Å². The lowest BCUT2D eigenvalue weighted by atomic mass is 9.81. The van der Waals surface area contributed by atoms with E-state index in [4.69, 9.17) is 0 Å². The van der Waals surface area contributed by atoms with Gasteiger partial charge in [0.1, 0.15) is 0 Å². The molecule has 0 saturated heterocycles. The van der Waals surface area contributed by atoms with Gasteiger partial charge in [-0.1, -0.05) is 6.07 Å². The van der Waals surface area contributed by atoms with Crippen molar-refractivity contribution in [1.82, 2.24) is 10.3 Å². The average Bonchev–Trinajstić information content (AvgIpc) is 2.38. The summed E-state index contributed by atoms with van der Waals surface area (Å²) in [5.74, 6) is 0.180. The number of hydrogen-bond donors (Lipinski definition) is 1. The molecule has 1 aromatic heterocycles. The van der Waals surface area contributed by atoms with Crippen molar-refractivity contribution in [3.63, 3.8) is 0 Å². The Morgan fingerprint density at radius 1 is 1.47 bits per heavy atom. The second-order valence-corrected chi connectivity index (χ2v) is 7.80. The van der Waals surface area contributed by atoms with Crippen molar-refractivity contribution in [3.05, 3.63) is 29.6 Å². The van der Waals surface area contributed by atoms with Gasteiger partial charge in [-0.25, -0.2) is 8.42 Å². The van der Waals surface area contributed by atoms with Crippen LogP contribution in [-0.2, 0) is 16.3 Å². The molecule has 106 valence electrons. The summed E-state index contributed by atoms with van der Waals surface area (Å²) in [5, 5.41) is 2.79. The van der Waals surface area contributed by atoms with E-state index in [0.717, 1.165) is 25.0 Å². The fourth-order valence-electron chi connectivity index (χ4n) is 3.02. The maximum absolute atomic E-state index is 11.8. The first-order valence-corrected chi connectivity index (χ1v) is 8.70. The zero-order chi connectivity index (χ0) is 14.0. The summed E-state index contributed by atoms with van der Waals surface area (Å²) in [5.41, 5.74) is 2.34. The zero-order valence-electron chi connectivity index (χ0n) is 11.8. The van der Waals surface area contributed by atoms with E-state index < -0.39 is 15.1 Å². The molecule has 0 spiro atoms. The average molecular weight is 282 g/mol. The van der Waals surface area contributed by atoms with Crippen LogP contribution in [-0.4, -0.2) is 38.0 Å². The molecule has 0 fully saturated rings. The number of pyridine rings is 1. The Morgan fingerprint density at radius 2 is 2.21 bits per heavy atom. The van der Waals surface area contributed by atoms with Crippen LogP contribution < -0.4 is 5.32 Å². The Morgan fingerprint density at radius 3 is 2.84 bits per heavy atom. The standard InChI is InChI=1S/C14H22N2O2S/c1-10(19(3,17)18)13(15-2)12-8-4-6-11-7-5-9-16-14(11)12/h5,7,9-10,12-13,15H,4,6,8H2,1-3H3. The van der Waals surface area contributed by atoms with Crippen LogP contribution in [0.4, 0.5) is 0 Å².